The highest BCUT2D eigenvalue weighted by atomic mass is 16.3. The summed E-state index contributed by atoms with van der Waals surface area (Å²) in [5.74, 6) is 0.273. The number of carbonyl (C=O) groups excluding carboxylic acids is 1. The fourth-order valence-electron chi connectivity index (χ4n) is 1.03. The Labute approximate surface area is 86.3 Å². The smallest absolute Gasteiger partial charge is 0.221 e. The molecule has 0 aromatic carbocycles. The van der Waals surface area contributed by atoms with Crippen molar-refractivity contribution in [1.82, 2.24) is 10.2 Å². The van der Waals surface area contributed by atoms with Crippen LogP contribution in [0.25, 0.3) is 0 Å². The van der Waals surface area contributed by atoms with Gasteiger partial charge in [-0.05, 0) is 20.0 Å². The molecule has 1 atom stereocenters. The molecule has 0 saturated carbocycles. The van der Waals surface area contributed by atoms with Crippen LogP contribution in [0.4, 0.5) is 0 Å². The molecule has 1 amide bonds. The van der Waals surface area contributed by atoms with E-state index in [4.69, 9.17) is 5.11 Å². The molecule has 0 saturated heterocycles. The Morgan fingerprint density at radius 2 is 2.00 bits per heavy atom. The molecule has 4 heteroatoms. The van der Waals surface area contributed by atoms with E-state index in [2.05, 4.69) is 5.32 Å². The summed E-state index contributed by atoms with van der Waals surface area (Å²) in [4.78, 5) is 13.3. The summed E-state index contributed by atoms with van der Waals surface area (Å²) in [5, 5.41) is 11.8. The molecule has 14 heavy (non-hydrogen) atoms. The first-order valence-corrected chi connectivity index (χ1v) is 5.02. The second kappa shape index (κ2) is 6.79. The quantitative estimate of drug-likeness (QED) is 0.641. The molecule has 0 spiro atoms. The van der Waals surface area contributed by atoms with Gasteiger partial charge in [0.1, 0.15) is 0 Å². The van der Waals surface area contributed by atoms with Crippen LogP contribution in [-0.2, 0) is 4.79 Å². The Hall–Kier alpha value is -0.610. The largest absolute Gasteiger partial charge is 0.394 e. The fraction of sp³-hybridized carbons (Fsp3) is 0.900. The molecule has 0 rings (SSSR count). The van der Waals surface area contributed by atoms with Crippen molar-refractivity contribution in [3.05, 3.63) is 0 Å². The third-order valence-electron chi connectivity index (χ3n) is 2.13. The molecule has 0 aromatic rings. The van der Waals surface area contributed by atoms with Gasteiger partial charge in [-0.1, -0.05) is 13.8 Å². The van der Waals surface area contributed by atoms with Gasteiger partial charge in [-0.25, -0.2) is 0 Å². The summed E-state index contributed by atoms with van der Waals surface area (Å²) in [7, 11) is 3.86. The number of aliphatic hydroxyl groups is 1. The van der Waals surface area contributed by atoms with Gasteiger partial charge in [-0.2, -0.15) is 0 Å². The van der Waals surface area contributed by atoms with E-state index in [0.29, 0.717) is 6.42 Å². The van der Waals surface area contributed by atoms with Crippen LogP contribution in [0.5, 0.6) is 0 Å². The highest BCUT2D eigenvalue weighted by molar-refractivity contribution is 5.76. The van der Waals surface area contributed by atoms with Crippen LogP contribution < -0.4 is 5.32 Å². The SMILES string of the molecule is CC(C)C(CO)NC(=O)CCN(C)C. The highest BCUT2D eigenvalue weighted by Gasteiger charge is 2.14. The molecule has 0 aliphatic heterocycles. The van der Waals surface area contributed by atoms with Gasteiger partial charge in [0.2, 0.25) is 5.91 Å². The lowest BCUT2D eigenvalue weighted by molar-refractivity contribution is -0.122. The van der Waals surface area contributed by atoms with Crippen molar-refractivity contribution in [3.63, 3.8) is 0 Å². The Balaban J connectivity index is 3.79. The molecule has 0 bridgehead atoms. The Morgan fingerprint density at radius 1 is 1.43 bits per heavy atom. The number of hydrogen-bond donors (Lipinski definition) is 2. The lowest BCUT2D eigenvalue weighted by atomic mass is 10.1. The third kappa shape index (κ3) is 5.94. The number of hydrogen-bond acceptors (Lipinski definition) is 3. The molecule has 1 unspecified atom stereocenters. The lowest BCUT2D eigenvalue weighted by Gasteiger charge is -2.20. The van der Waals surface area contributed by atoms with Crippen molar-refractivity contribution < 1.29 is 9.90 Å². The van der Waals surface area contributed by atoms with E-state index in [1.54, 1.807) is 0 Å². The van der Waals surface area contributed by atoms with Gasteiger partial charge in [0, 0.05) is 13.0 Å². The summed E-state index contributed by atoms with van der Waals surface area (Å²) < 4.78 is 0. The molecule has 0 radical (unpaired) electrons. The van der Waals surface area contributed by atoms with Gasteiger partial charge < -0.3 is 15.3 Å². The zero-order valence-corrected chi connectivity index (χ0v) is 9.58. The Kier molecular flexibility index (Phi) is 6.49. The van der Waals surface area contributed by atoms with Crippen molar-refractivity contribution in [2.24, 2.45) is 5.92 Å². The van der Waals surface area contributed by atoms with Gasteiger partial charge in [0.05, 0.1) is 12.6 Å². The van der Waals surface area contributed by atoms with E-state index in [1.165, 1.54) is 0 Å². The van der Waals surface area contributed by atoms with Gasteiger partial charge in [0.25, 0.3) is 0 Å². The average Bonchev–Trinajstić information content (AvgIpc) is 2.10. The normalized spacial score (nSPS) is 13.4. The van der Waals surface area contributed by atoms with E-state index in [1.807, 2.05) is 32.8 Å². The maximum Gasteiger partial charge on any atom is 0.221 e. The standard InChI is InChI=1S/C10H22N2O2/c1-8(2)9(7-13)11-10(14)5-6-12(3)4/h8-9,13H,5-7H2,1-4H3,(H,11,14). The maximum absolute atomic E-state index is 11.4. The number of nitrogens with zero attached hydrogens (tertiary/aromatic N) is 1. The number of carbonyl (C=O) groups is 1. The van der Waals surface area contributed by atoms with Gasteiger partial charge in [-0.3, -0.25) is 4.79 Å². The van der Waals surface area contributed by atoms with E-state index < -0.39 is 0 Å². The first-order valence-electron chi connectivity index (χ1n) is 5.02. The molecular weight excluding hydrogens is 180 g/mol. The molecule has 0 aliphatic carbocycles. The van der Waals surface area contributed by atoms with Crippen molar-refractivity contribution in [2.45, 2.75) is 26.3 Å². The minimum atomic E-state index is -0.121. The van der Waals surface area contributed by atoms with Crippen LogP contribution in [-0.4, -0.2) is 49.2 Å². The predicted molar refractivity (Wildman–Crippen MR) is 57.0 cm³/mol. The molecule has 4 nitrogen and oxygen atoms in total. The third-order valence-corrected chi connectivity index (χ3v) is 2.13. The Morgan fingerprint density at radius 3 is 2.36 bits per heavy atom. The van der Waals surface area contributed by atoms with Crippen molar-refractivity contribution in [1.29, 1.82) is 0 Å². The monoisotopic (exact) mass is 202 g/mol. The number of amides is 1. The predicted octanol–water partition coefficient (Wildman–Crippen LogP) is 0.0712. The summed E-state index contributed by atoms with van der Waals surface area (Å²) in [6, 6.07) is -0.121. The molecule has 0 aliphatic rings. The fourth-order valence-corrected chi connectivity index (χ4v) is 1.03. The second-order valence-corrected chi connectivity index (χ2v) is 4.15. The van der Waals surface area contributed by atoms with E-state index in [9.17, 15) is 4.79 Å². The second-order valence-electron chi connectivity index (χ2n) is 4.15. The number of aliphatic hydroxyl groups excluding tert-OH is 1. The van der Waals surface area contributed by atoms with E-state index in [0.717, 1.165) is 6.54 Å². The van der Waals surface area contributed by atoms with Crippen LogP contribution in [0.15, 0.2) is 0 Å². The van der Waals surface area contributed by atoms with Crippen LogP contribution in [0.2, 0.25) is 0 Å². The maximum atomic E-state index is 11.4. The molecule has 0 aromatic heterocycles. The first kappa shape index (κ1) is 13.4. The van der Waals surface area contributed by atoms with Crippen LogP contribution in [0, 0.1) is 5.92 Å². The van der Waals surface area contributed by atoms with Gasteiger partial charge >= 0.3 is 0 Å². The minimum absolute atomic E-state index is 0.00533. The Bertz CT molecular complexity index is 170. The van der Waals surface area contributed by atoms with Crippen LogP contribution in [0.3, 0.4) is 0 Å². The van der Waals surface area contributed by atoms with Crippen LogP contribution in [0.1, 0.15) is 20.3 Å². The minimum Gasteiger partial charge on any atom is -0.394 e. The van der Waals surface area contributed by atoms with Crippen LogP contribution >= 0.6 is 0 Å². The van der Waals surface area contributed by atoms with Gasteiger partial charge in [0.15, 0.2) is 0 Å². The summed E-state index contributed by atoms with van der Waals surface area (Å²) in [6.07, 6.45) is 0.482. The van der Waals surface area contributed by atoms with Crippen molar-refractivity contribution >= 4 is 5.91 Å². The van der Waals surface area contributed by atoms with Gasteiger partial charge in [-0.15, -0.1) is 0 Å². The zero-order valence-electron chi connectivity index (χ0n) is 9.58. The lowest BCUT2D eigenvalue weighted by Crippen LogP contribution is -2.41. The first-order chi connectivity index (χ1) is 6.47. The number of nitrogens with one attached hydrogen (secondary N) is 1. The molecule has 2 N–H and O–H groups in total. The molecule has 0 heterocycles. The van der Waals surface area contributed by atoms with E-state index >= 15 is 0 Å². The topological polar surface area (TPSA) is 52.6 Å². The number of rotatable bonds is 6. The zero-order chi connectivity index (χ0) is 11.1. The molecular formula is C10H22N2O2. The molecule has 84 valence electrons. The molecule has 0 fully saturated rings. The van der Waals surface area contributed by atoms with Crippen molar-refractivity contribution in [3.8, 4) is 0 Å². The van der Waals surface area contributed by atoms with E-state index in [-0.39, 0.29) is 24.5 Å². The highest BCUT2D eigenvalue weighted by Crippen LogP contribution is 2.00. The summed E-state index contributed by atoms with van der Waals surface area (Å²) >= 11 is 0. The van der Waals surface area contributed by atoms with Crippen molar-refractivity contribution in [2.75, 3.05) is 27.2 Å². The summed E-state index contributed by atoms with van der Waals surface area (Å²) in [5.41, 5.74) is 0. The average molecular weight is 202 g/mol. The summed E-state index contributed by atoms with van der Waals surface area (Å²) in [6.45, 7) is 4.70.